The monoisotopic (exact) mass is 337 g/mol. The lowest BCUT2D eigenvalue weighted by molar-refractivity contribution is -0.113. The maximum Gasteiger partial charge on any atom is 0.255 e. The molecule has 2 aliphatic rings. The molecule has 1 amide bonds. The number of hydrogen-bond acceptors (Lipinski definition) is 5. The lowest BCUT2D eigenvalue weighted by Crippen LogP contribution is -2.36. The Bertz CT molecular complexity index is 796. The molecule has 0 unspecified atom stereocenters. The van der Waals surface area contributed by atoms with Gasteiger partial charge in [-0.3, -0.25) is 4.79 Å². The fourth-order valence-corrected chi connectivity index (χ4v) is 2.90. The van der Waals surface area contributed by atoms with Gasteiger partial charge in [-0.2, -0.15) is 0 Å². The Labute approximate surface area is 146 Å². The van der Waals surface area contributed by atoms with Crippen LogP contribution in [0.15, 0.2) is 48.2 Å². The number of ether oxygens (including phenoxy) is 2. The maximum absolute atomic E-state index is 12.4. The number of carbonyl (C=O) groups is 1. The maximum atomic E-state index is 12.4. The van der Waals surface area contributed by atoms with Gasteiger partial charge in [-0.25, -0.2) is 4.98 Å². The minimum atomic E-state index is -0.171. The van der Waals surface area contributed by atoms with Gasteiger partial charge in [0.15, 0.2) is 0 Å². The van der Waals surface area contributed by atoms with Crippen LogP contribution >= 0.6 is 0 Å². The molecule has 2 aliphatic heterocycles. The van der Waals surface area contributed by atoms with Crippen molar-refractivity contribution in [3.8, 4) is 5.75 Å². The number of para-hydroxylation sites is 1. The van der Waals surface area contributed by atoms with E-state index >= 15 is 0 Å². The number of carbonyl (C=O) groups excluding carboxylic acids is 1. The molecule has 1 fully saturated rings. The number of nitrogens with one attached hydrogen (secondary N) is 1. The largest absolute Gasteiger partial charge is 0.488 e. The number of rotatable bonds is 3. The van der Waals surface area contributed by atoms with Crippen LogP contribution in [0.3, 0.4) is 0 Å². The van der Waals surface area contributed by atoms with Crippen molar-refractivity contribution in [1.29, 1.82) is 0 Å². The Morgan fingerprint density at radius 2 is 1.96 bits per heavy atom. The van der Waals surface area contributed by atoms with E-state index in [4.69, 9.17) is 9.47 Å². The molecular formula is C19H19N3O3. The number of aromatic nitrogens is 1. The van der Waals surface area contributed by atoms with E-state index < -0.39 is 0 Å². The van der Waals surface area contributed by atoms with E-state index in [9.17, 15) is 4.79 Å². The number of morpholine rings is 1. The molecule has 1 N–H and O–H groups in total. The summed E-state index contributed by atoms with van der Waals surface area (Å²) in [6.07, 6.45) is 3.55. The summed E-state index contributed by atoms with van der Waals surface area (Å²) in [5.74, 6) is 1.53. The second-order valence-electron chi connectivity index (χ2n) is 5.95. The van der Waals surface area contributed by atoms with Gasteiger partial charge >= 0.3 is 0 Å². The summed E-state index contributed by atoms with van der Waals surface area (Å²) in [4.78, 5) is 19.1. The van der Waals surface area contributed by atoms with Gasteiger partial charge in [-0.1, -0.05) is 18.2 Å². The predicted octanol–water partition coefficient (Wildman–Crippen LogP) is 2.33. The van der Waals surface area contributed by atoms with Crippen LogP contribution in [-0.4, -0.2) is 43.8 Å². The predicted molar refractivity (Wildman–Crippen MR) is 95.8 cm³/mol. The van der Waals surface area contributed by atoms with Gasteiger partial charge in [0.05, 0.1) is 30.7 Å². The zero-order chi connectivity index (χ0) is 17.1. The highest BCUT2D eigenvalue weighted by molar-refractivity contribution is 6.07. The third-order valence-electron chi connectivity index (χ3n) is 4.26. The van der Waals surface area contributed by atoms with E-state index in [1.165, 1.54) is 0 Å². The Kier molecular flexibility index (Phi) is 4.35. The second-order valence-corrected chi connectivity index (χ2v) is 5.95. The van der Waals surface area contributed by atoms with Crippen LogP contribution in [0.5, 0.6) is 5.75 Å². The van der Waals surface area contributed by atoms with Gasteiger partial charge in [-0.05, 0) is 24.3 Å². The van der Waals surface area contributed by atoms with Crippen molar-refractivity contribution in [2.75, 3.05) is 43.1 Å². The summed E-state index contributed by atoms with van der Waals surface area (Å²) < 4.78 is 11.0. The van der Waals surface area contributed by atoms with Gasteiger partial charge in [0.2, 0.25) is 0 Å². The number of amides is 1. The molecule has 0 radical (unpaired) electrons. The molecule has 0 atom stereocenters. The average Bonchev–Trinajstić information content (AvgIpc) is 2.69. The van der Waals surface area contributed by atoms with Crippen molar-refractivity contribution in [3.05, 3.63) is 53.7 Å². The molecule has 0 saturated carbocycles. The summed E-state index contributed by atoms with van der Waals surface area (Å²) in [5.41, 5.74) is 2.18. The highest BCUT2D eigenvalue weighted by Gasteiger charge is 2.17. The van der Waals surface area contributed by atoms with Gasteiger partial charge in [-0.15, -0.1) is 0 Å². The summed E-state index contributed by atoms with van der Waals surface area (Å²) in [7, 11) is 0. The Balaban J connectivity index is 1.43. The highest BCUT2D eigenvalue weighted by Crippen LogP contribution is 2.26. The summed E-state index contributed by atoms with van der Waals surface area (Å²) >= 11 is 0. The number of benzene rings is 1. The topological polar surface area (TPSA) is 63.7 Å². The first-order valence-corrected chi connectivity index (χ1v) is 8.32. The third-order valence-corrected chi connectivity index (χ3v) is 4.26. The molecule has 6 nitrogen and oxygen atoms in total. The van der Waals surface area contributed by atoms with E-state index in [0.29, 0.717) is 11.3 Å². The van der Waals surface area contributed by atoms with Crippen LogP contribution in [0.25, 0.3) is 6.08 Å². The fourth-order valence-electron chi connectivity index (χ4n) is 2.90. The van der Waals surface area contributed by atoms with E-state index in [-0.39, 0.29) is 12.5 Å². The normalized spacial score (nSPS) is 16.5. The van der Waals surface area contributed by atoms with Crippen LogP contribution in [-0.2, 0) is 9.53 Å². The Hall–Kier alpha value is -2.86. The number of nitrogens with zero attached hydrogens (tertiary/aromatic N) is 2. The zero-order valence-electron chi connectivity index (χ0n) is 13.8. The van der Waals surface area contributed by atoms with Crippen LogP contribution in [0.1, 0.15) is 5.56 Å². The standard InChI is InChI=1S/C19H19N3O3/c23-19(15-11-14-3-1-2-4-17(14)25-13-15)21-16-5-6-18(20-12-16)22-7-9-24-10-8-22/h1-6,11-12H,7-10,13H2,(H,21,23). The minimum Gasteiger partial charge on any atom is -0.488 e. The fraction of sp³-hybridized carbons (Fsp3) is 0.263. The van der Waals surface area contributed by atoms with Crippen molar-refractivity contribution >= 4 is 23.5 Å². The first kappa shape index (κ1) is 15.7. The van der Waals surface area contributed by atoms with Crippen LogP contribution < -0.4 is 15.0 Å². The number of anilines is 2. The van der Waals surface area contributed by atoms with Crippen LogP contribution in [0.2, 0.25) is 0 Å². The molecule has 2 aromatic rings. The zero-order valence-corrected chi connectivity index (χ0v) is 13.8. The second kappa shape index (κ2) is 6.94. The van der Waals surface area contributed by atoms with Gasteiger partial charge in [0.25, 0.3) is 5.91 Å². The van der Waals surface area contributed by atoms with Gasteiger partial charge in [0, 0.05) is 18.7 Å². The van der Waals surface area contributed by atoms with Crippen molar-refractivity contribution < 1.29 is 14.3 Å². The number of pyridine rings is 1. The van der Waals surface area contributed by atoms with Crippen molar-refractivity contribution in [1.82, 2.24) is 4.98 Å². The SMILES string of the molecule is O=C(Nc1ccc(N2CCOCC2)nc1)C1=Cc2ccccc2OC1. The Morgan fingerprint density at radius 3 is 2.76 bits per heavy atom. The molecule has 25 heavy (non-hydrogen) atoms. The van der Waals surface area contributed by atoms with Crippen LogP contribution in [0.4, 0.5) is 11.5 Å². The molecule has 6 heteroatoms. The van der Waals surface area contributed by atoms with Gasteiger partial charge < -0.3 is 19.7 Å². The first-order chi connectivity index (χ1) is 12.3. The Morgan fingerprint density at radius 1 is 1.12 bits per heavy atom. The molecule has 1 aromatic carbocycles. The van der Waals surface area contributed by atoms with Crippen molar-refractivity contribution in [3.63, 3.8) is 0 Å². The first-order valence-electron chi connectivity index (χ1n) is 8.32. The van der Waals surface area contributed by atoms with E-state index in [0.717, 1.165) is 43.4 Å². The quantitative estimate of drug-likeness (QED) is 0.931. The van der Waals surface area contributed by atoms with E-state index in [1.807, 2.05) is 42.5 Å². The number of hydrogen-bond donors (Lipinski definition) is 1. The molecule has 0 aliphatic carbocycles. The lowest BCUT2D eigenvalue weighted by Gasteiger charge is -2.27. The molecular weight excluding hydrogens is 318 g/mol. The van der Waals surface area contributed by atoms with E-state index in [2.05, 4.69) is 15.2 Å². The third kappa shape index (κ3) is 3.49. The number of fused-ring (bicyclic) bond motifs is 1. The summed E-state index contributed by atoms with van der Waals surface area (Å²) in [6.45, 7) is 3.37. The highest BCUT2D eigenvalue weighted by atomic mass is 16.5. The molecule has 0 spiro atoms. The summed E-state index contributed by atoms with van der Waals surface area (Å²) in [6, 6.07) is 11.5. The van der Waals surface area contributed by atoms with E-state index in [1.54, 1.807) is 6.20 Å². The molecule has 1 aromatic heterocycles. The van der Waals surface area contributed by atoms with Crippen molar-refractivity contribution in [2.24, 2.45) is 0 Å². The molecule has 3 heterocycles. The average molecular weight is 337 g/mol. The molecule has 1 saturated heterocycles. The summed E-state index contributed by atoms with van der Waals surface area (Å²) in [5, 5.41) is 2.88. The molecule has 128 valence electrons. The lowest BCUT2D eigenvalue weighted by atomic mass is 10.1. The molecule has 0 bridgehead atoms. The van der Waals surface area contributed by atoms with Gasteiger partial charge in [0.1, 0.15) is 18.2 Å². The smallest absolute Gasteiger partial charge is 0.255 e. The minimum absolute atomic E-state index is 0.171. The van der Waals surface area contributed by atoms with Crippen LogP contribution in [0, 0.1) is 0 Å². The van der Waals surface area contributed by atoms with Crippen molar-refractivity contribution in [2.45, 2.75) is 0 Å². The molecule has 4 rings (SSSR count).